The predicted octanol–water partition coefficient (Wildman–Crippen LogP) is 1.94. The van der Waals surface area contributed by atoms with Gasteiger partial charge < -0.3 is 5.11 Å². The number of para-hydroxylation sites is 1. The van der Waals surface area contributed by atoms with Crippen LogP contribution >= 0.6 is 0 Å². The molecular weight excluding hydrogens is 356 g/mol. The Hall–Kier alpha value is -2.60. The second-order valence-corrected chi connectivity index (χ2v) is 8.42. The number of carbonyl (C=O) groups excluding carboxylic acids is 2. The molecule has 0 amide bonds. The highest BCUT2D eigenvalue weighted by Crippen LogP contribution is 2.40. The lowest BCUT2D eigenvalue weighted by atomic mass is 9.76. The van der Waals surface area contributed by atoms with Crippen molar-refractivity contribution in [2.45, 2.75) is 38.1 Å². The zero-order valence-corrected chi connectivity index (χ0v) is 16.4. The number of ketones is 2. The minimum Gasteiger partial charge on any atom is -0.481 e. The van der Waals surface area contributed by atoms with E-state index in [1.807, 2.05) is 30.1 Å². The normalized spacial score (nSPS) is 25.0. The van der Waals surface area contributed by atoms with E-state index in [1.165, 1.54) is 5.56 Å². The first-order valence-corrected chi connectivity index (χ1v) is 9.71. The minimum absolute atomic E-state index is 0.147. The van der Waals surface area contributed by atoms with Crippen molar-refractivity contribution in [2.24, 2.45) is 5.92 Å². The van der Waals surface area contributed by atoms with Crippen molar-refractivity contribution in [2.75, 3.05) is 20.1 Å². The molecule has 0 unspecified atom stereocenters. The van der Waals surface area contributed by atoms with E-state index < -0.39 is 12.0 Å². The van der Waals surface area contributed by atoms with Crippen LogP contribution in [-0.2, 0) is 19.8 Å². The Morgan fingerprint density at radius 2 is 1.79 bits per heavy atom. The maximum Gasteiger partial charge on any atom is 0.306 e. The van der Waals surface area contributed by atoms with Crippen molar-refractivity contribution in [3.8, 4) is 0 Å². The summed E-state index contributed by atoms with van der Waals surface area (Å²) in [6, 6.07) is 7.37. The van der Waals surface area contributed by atoms with Crippen molar-refractivity contribution in [3.63, 3.8) is 0 Å². The summed E-state index contributed by atoms with van der Waals surface area (Å²) in [6.45, 7) is 5.15. The second-order valence-electron chi connectivity index (χ2n) is 8.42. The molecule has 2 heterocycles. The van der Waals surface area contributed by atoms with Crippen LogP contribution < -0.4 is 0 Å². The molecule has 1 saturated heterocycles. The highest BCUT2D eigenvalue weighted by atomic mass is 16.4. The first-order valence-electron chi connectivity index (χ1n) is 9.71. The first-order chi connectivity index (χ1) is 13.2. The third-order valence-corrected chi connectivity index (χ3v) is 6.49. The van der Waals surface area contributed by atoms with Crippen molar-refractivity contribution < 1.29 is 24.1 Å². The van der Waals surface area contributed by atoms with Crippen LogP contribution in [0.5, 0.6) is 0 Å². The first kappa shape index (κ1) is 18.7. The van der Waals surface area contributed by atoms with Gasteiger partial charge in [0.15, 0.2) is 17.3 Å². The van der Waals surface area contributed by atoms with Gasteiger partial charge in [0.25, 0.3) is 0 Å². The van der Waals surface area contributed by atoms with Crippen LogP contribution in [0, 0.1) is 5.92 Å². The summed E-state index contributed by atoms with van der Waals surface area (Å²) in [5.41, 5.74) is 3.17. The molecule has 1 aromatic carbocycles. The number of hydrogen-bond acceptors (Lipinski definition) is 4. The number of Topliss-reactive ketones (excluding diaryl/α,β-unsaturated/α-hetero) is 2. The van der Waals surface area contributed by atoms with Crippen LogP contribution in [-0.4, -0.2) is 64.0 Å². The molecule has 0 atom stereocenters. The summed E-state index contributed by atoms with van der Waals surface area (Å²) in [4.78, 5) is 38.5. The SMILES string of the molecule is C[N+]1=C(C=C2C(=O)C(N3CCC(C(=O)O)CC3)C2=O)C(C)(C)c2ccccc21. The van der Waals surface area contributed by atoms with Crippen LogP contribution in [0.15, 0.2) is 35.9 Å². The van der Waals surface area contributed by atoms with Gasteiger partial charge in [0.1, 0.15) is 13.1 Å². The molecule has 0 aromatic heterocycles. The molecular formula is C22H25N2O4+. The Bertz CT molecular complexity index is 931. The number of carboxylic acids is 1. The van der Waals surface area contributed by atoms with Crippen LogP contribution in [0.25, 0.3) is 0 Å². The van der Waals surface area contributed by atoms with Gasteiger partial charge >= 0.3 is 5.97 Å². The molecule has 1 saturated carbocycles. The Balaban J connectivity index is 1.56. The topological polar surface area (TPSA) is 77.7 Å². The number of rotatable bonds is 3. The Morgan fingerprint density at radius 1 is 1.18 bits per heavy atom. The predicted molar refractivity (Wildman–Crippen MR) is 104 cm³/mol. The summed E-state index contributed by atoms with van der Waals surface area (Å²) in [7, 11) is 1.96. The van der Waals surface area contributed by atoms with Crippen LogP contribution in [0.4, 0.5) is 5.69 Å². The van der Waals surface area contributed by atoms with Gasteiger partial charge in [0, 0.05) is 30.8 Å². The van der Waals surface area contributed by atoms with E-state index in [0.717, 1.165) is 11.4 Å². The quantitative estimate of drug-likeness (QED) is 0.375. The maximum atomic E-state index is 12.8. The minimum atomic E-state index is -0.797. The van der Waals surface area contributed by atoms with E-state index in [2.05, 4.69) is 24.5 Å². The lowest BCUT2D eigenvalue weighted by Crippen LogP contribution is -2.59. The van der Waals surface area contributed by atoms with Gasteiger partial charge in [-0.3, -0.25) is 19.3 Å². The van der Waals surface area contributed by atoms with Gasteiger partial charge in [-0.05, 0) is 26.7 Å². The summed E-state index contributed by atoms with van der Waals surface area (Å²) >= 11 is 0. The number of nitrogens with zero attached hydrogens (tertiary/aromatic N) is 2. The maximum absolute atomic E-state index is 12.8. The van der Waals surface area contributed by atoms with Gasteiger partial charge in [-0.2, -0.15) is 4.58 Å². The molecule has 1 N–H and O–H groups in total. The fraction of sp³-hybridized carbons (Fsp3) is 0.455. The van der Waals surface area contributed by atoms with Crippen molar-refractivity contribution >= 4 is 28.9 Å². The third kappa shape index (κ3) is 2.66. The van der Waals surface area contributed by atoms with Gasteiger partial charge in [-0.25, -0.2) is 0 Å². The molecule has 28 heavy (non-hydrogen) atoms. The number of aliphatic carboxylic acids is 1. The molecule has 0 radical (unpaired) electrons. The van der Waals surface area contributed by atoms with Crippen molar-refractivity contribution in [1.29, 1.82) is 0 Å². The van der Waals surface area contributed by atoms with Gasteiger partial charge in [-0.15, -0.1) is 0 Å². The number of benzene rings is 1. The molecule has 2 aliphatic heterocycles. The van der Waals surface area contributed by atoms with E-state index in [4.69, 9.17) is 5.11 Å². The molecule has 0 spiro atoms. The van der Waals surface area contributed by atoms with E-state index in [1.54, 1.807) is 6.08 Å². The summed E-state index contributed by atoms with van der Waals surface area (Å²) in [5.74, 6) is -1.47. The average Bonchev–Trinajstić information content (AvgIpc) is 2.87. The van der Waals surface area contributed by atoms with Crippen molar-refractivity contribution in [1.82, 2.24) is 4.90 Å². The third-order valence-electron chi connectivity index (χ3n) is 6.49. The fourth-order valence-corrected chi connectivity index (χ4v) is 4.73. The second kappa shape index (κ2) is 6.48. The zero-order chi connectivity index (χ0) is 20.2. The molecule has 1 aliphatic carbocycles. The molecule has 6 heteroatoms. The Kier molecular flexibility index (Phi) is 4.34. The Labute approximate surface area is 164 Å². The highest BCUT2D eigenvalue weighted by molar-refractivity contribution is 6.43. The lowest BCUT2D eigenvalue weighted by molar-refractivity contribution is -0.401. The van der Waals surface area contributed by atoms with E-state index >= 15 is 0 Å². The van der Waals surface area contributed by atoms with Crippen LogP contribution in [0.1, 0.15) is 32.3 Å². The van der Waals surface area contributed by atoms with E-state index in [0.29, 0.717) is 25.9 Å². The molecule has 0 bridgehead atoms. The van der Waals surface area contributed by atoms with E-state index in [9.17, 15) is 14.4 Å². The summed E-state index contributed by atoms with van der Waals surface area (Å²) in [5, 5.41) is 9.12. The molecule has 6 nitrogen and oxygen atoms in total. The standard InChI is InChI=1S/C22H24N2O4/c1-22(2)15-6-4-5-7-16(15)23(3)17(22)12-14-19(25)18(20(14)26)24-10-8-13(9-11-24)21(27)28/h4-7,12-13,18H,8-11H2,1-3H3/p+1. The summed E-state index contributed by atoms with van der Waals surface area (Å²) < 4.78 is 2.05. The van der Waals surface area contributed by atoms with Gasteiger partial charge in [0.05, 0.1) is 16.9 Å². The van der Waals surface area contributed by atoms with Gasteiger partial charge in [-0.1, -0.05) is 18.2 Å². The molecule has 1 aromatic rings. The fourth-order valence-electron chi connectivity index (χ4n) is 4.73. The number of carbonyl (C=O) groups is 3. The number of fused-ring (bicyclic) bond motifs is 1. The average molecular weight is 381 g/mol. The molecule has 146 valence electrons. The monoisotopic (exact) mass is 381 g/mol. The van der Waals surface area contributed by atoms with E-state index in [-0.39, 0.29) is 28.5 Å². The summed E-state index contributed by atoms with van der Waals surface area (Å²) in [6.07, 6.45) is 2.72. The lowest BCUT2D eigenvalue weighted by Gasteiger charge is -2.39. The van der Waals surface area contributed by atoms with Crippen molar-refractivity contribution in [3.05, 3.63) is 41.5 Å². The number of likely N-dealkylation sites (tertiary alicyclic amines) is 1. The largest absolute Gasteiger partial charge is 0.481 e. The zero-order valence-electron chi connectivity index (χ0n) is 16.4. The van der Waals surface area contributed by atoms with Crippen LogP contribution in [0.2, 0.25) is 0 Å². The number of piperidine rings is 1. The molecule has 3 aliphatic rings. The number of hydrogen-bond donors (Lipinski definition) is 1. The smallest absolute Gasteiger partial charge is 0.306 e. The van der Waals surface area contributed by atoms with Gasteiger partial charge in [0.2, 0.25) is 5.69 Å². The Morgan fingerprint density at radius 3 is 2.36 bits per heavy atom. The molecule has 4 rings (SSSR count). The number of allylic oxidation sites excluding steroid dienone is 1. The highest BCUT2D eigenvalue weighted by Gasteiger charge is 2.51. The number of carboxylic acid groups (broad SMARTS) is 1. The van der Waals surface area contributed by atoms with Crippen LogP contribution in [0.3, 0.4) is 0 Å². The molecule has 2 fully saturated rings.